The minimum absolute atomic E-state index is 0.535. The Morgan fingerprint density at radius 1 is 0.320 bits per heavy atom. The van der Waals surface area contributed by atoms with Gasteiger partial charge in [-0.2, -0.15) is 0 Å². The lowest BCUT2D eigenvalue weighted by atomic mass is 9.99. The molecule has 0 bridgehead atoms. The zero-order valence-electron chi connectivity index (χ0n) is 26.7. The molecule has 3 aromatic heterocycles. The highest BCUT2D eigenvalue weighted by Crippen LogP contribution is 2.40. The number of rotatable bonds is 5. The van der Waals surface area contributed by atoms with Gasteiger partial charge in [-0.3, -0.25) is 0 Å². The second-order valence-corrected chi connectivity index (χ2v) is 12.4. The third-order valence-electron chi connectivity index (χ3n) is 9.37. The fraction of sp³-hybridized carbons (Fsp3) is 0. The van der Waals surface area contributed by atoms with E-state index in [2.05, 4.69) is 91.0 Å². The molecule has 3 heterocycles. The van der Waals surface area contributed by atoms with Crippen molar-refractivity contribution >= 4 is 43.9 Å². The highest BCUT2D eigenvalue weighted by molar-refractivity contribution is 6.15. The third kappa shape index (κ3) is 4.67. The van der Waals surface area contributed by atoms with E-state index in [0.29, 0.717) is 17.5 Å². The first-order valence-corrected chi connectivity index (χ1v) is 16.6. The molecular formula is C45H27N3O2. The van der Waals surface area contributed by atoms with Gasteiger partial charge in [-0.25, -0.2) is 15.0 Å². The van der Waals surface area contributed by atoms with Gasteiger partial charge in [-0.1, -0.05) is 133 Å². The van der Waals surface area contributed by atoms with Crippen LogP contribution < -0.4 is 0 Å². The van der Waals surface area contributed by atoms with Crippen LogP contribution in [0.25, 0.3) is 100 Å². The molecule has 0 aliphatic heterocycles. The monoisotopic (exact) mass is 641 g/mol. The van der Waals surface area contributed by atoms with Gasteiger partial charge in [0.1, 0.15) is 22.3 Å². The number of benzene rings is 7. The van der Waals surface area contributed by atoms with Crippen molar-refractivity contribution in [1.29, 1.82) is 0 Å². The SMILES string of the molecule is c1ccc(-c2ccc(-c3nc(-c4ccc5c(c4)oc4ccccc45)nc(-c4cccc5c4oc4cccc(-c6ccccc6)c45)n3)cc2)cc1. The maximum Gasteiger partial charge on any atom is 0.167 e. The Morgan fingerprint density at radius 2 is 0.880 bits per heavy atom. The molecule has 7 aromatic carbocycles. The normalized spacial score (nSPS) is 11.6. The van der Waals surface area contributed by atoms with Crippen LogP contribution in [-0.2, 0) is 0 Å². The molecule has 234 valence electrons. The molecule has 0 aliphatic carbocycles. The summed E-state index contributed by atoms with van der Waals surface area (Å²) in [5.74, 6) is 1.66. The van der Waals surface area contributed by atoms with Crippen molar-refractivity contribution in [2.75, 3.05) is 0 Å². The summed E-state index contributed by atoms with van der Waals surface area (Å²) >= 11 is 0. The lowest BCUT2D eigenvalue weighted by Crippen LogP contribution is -2.00. The number of aromatic nitrogens is 3. The molecule has 5 heteroatoms. The molecule has 0 amide bonds. The van der Waals surface area contributed by atoms with Gasteiger partial charge in [0, 0.05) is 32.7 Å². The van der Waals surface area contributed by atoms with Crippen molar-refractivity contribution < 1.29 is 8.83 Å². The standard InChI is InChI=1S/C45H27N3O2/c1-3-11-28(12-4-1)29-21-23-31(24-22-29)43-46-44(32-25-26-35-34-15-7-8-19-38(34)49-40(35)27-32)48-45(47-43)37-18-9-17-36-41-33(30-13-5-2-6-14-30)16-10-20-39(41)50-42(36)37/h1-27H. The minimum Gasteiger partial charge on any atom is -0.456 e. The predicted octanol–water partition coefficient (Wildman–Crippen LogP) is 12.0. The number of para-hydroxylation sites is 2. The number of fused-ring (bicyclic) bond motifs is 6. The summed E-state index contributed by atoms with van der Waals surface area (Å²) in [6.45, 7) is 0. The second kappa shape index (κ2) is 11.4. The van der Waals surface area contributed by atoms with Gasteiger partial charge in [0.15, 0.2) is 17.5 Å². The van der Waals surface area contributed by atoms with Crippen molar-refractivity contribution in [3.05, 3.63) is 164 Å². The molecule has 10 aromatic rings. The molecule has 10 rings (SSSR count). The van der Waals surface area contributed by atoms with Crippen LogP contribution in [0.2, 0.25) is 0 Å². The van der Waals surface area contributed by atoms with E-state index >= 15 is 0 Å². The molecule has 0 spiro atoms. The van der Waals surface area contributed by atoms with Crippen LogP contribution in [0.1, 0.15) is 0 Å². The maximum absolute atomic E-state index is 6.63. The van der Waals surface area contributed by atoms with Crippen LogP contribution in [0, 0.1) is 0 Å². The summed E-state index contributed by atoms with van der Waals surface area (Å²) in [7, 11) is 0. The zero-order valence-corrected chi connectivity index (χ0v) is 26.7. The number of hydrogen-bond acceptors (Lipinski definition) is 5. The highest BCUT2D eigenvalue weighted by Gasteiger charge is 2.20. The van der Waals surface area contributed by atoms with E-state index in [-0.39, 0.29) is 0 Å². The Labute approximate surface area is 287 Å². The van der Waals surface area contributed by atoms with Crippen molar-refractivity contribution in [2.45, 2.75) is 0 Å². The van der Waals surface area contributed by atoms with Crippen molar-refractivity contribution in [1.82, 2.24) is 15.0 Å². The highest BCUT2D eigenvalue weighted by atomic mass is 16.3. The molecule has 0 radical (unpaired) electrons. The molecular weight excluding hydrogens is 615 g/mol. The van der Waals surface area contributed by atoms with Gasteiger partial charge < -0.3 is 8.83 Å². The van der Waals surface area contributed by atoms with E-state index in [0.717, 1.165) is 82.8 Å². The topological polar surface area (TPSA) is 65.0 Å². The Kier molecular flexibility index (Phi) is 6.42. The molecule has 0 N–H and O–H groups in total. The number of hydrogen-bond donors (Lipinski definition) is 0. The Hall–Kier alpha value is -6.85. The molecule has 5 nitrogen and oxygen atoms in total. The summed E-state index contributed by atoms with van der Waals surface area (Å²) in [5.41, 5.74) is 10.2. The fourth-order valence-electron chi connectivity index (χ4n) is 6.94. The van der Waals surface area contributed by atoms with E-state index in [1.165, 1.54) is 0 Å². The van der Waals surface area contributed by atoms with Crippen LogP contribution in [0.5, 0.6) is 0 Å². The van der Waals surface area contributed by atoms with E-state index < -0.39 is 0 Å². The fourth-order valence-corrected chi connectivity index (χ4v) is 6.94. The molecule has 0 saturated carbocycles. The lowest BCUT2D eigenvalue weighted by molar-refractivity contribution is 0.668. The predicted molar refractivity (Wildman–Crippen MR) is 202 cm³/mol. The minimum atomic E-state index is 0.535. The third-order valence-corrected chi connectivity index (χ3v) is 9.37. The second-order valence-electron chi connectivity index (χ2n) is 12.4. The zero-order chi connectivity index (χ0) is 33.0. The van der Waals surface area contributed by atoms with Gasteiger partial charge in [-0.15, -0.1) is 0 Å². The molecule has 0 aliphatic rings. The smallest absolute Gasteiger partial charge is 0.167 e. The van der Waals surface area contributed by atoms with Crippen molar-refractivity contribution in [2.24, 2.45) is 0 Å². The largest absolute Gasteiger partial charge is 0.456 e. The van der Waals surface area contributed by atoms with Crippen LogP contribution in [0.4, 0.5) is 0 Å². The summed E-state index contributed by atoms with van der Waals surface area (Å²) in [6, 6.07) is 55.8. The first-order chi connectivity index (χ1) is 24.8. The summed E-state index contributed by atoms with van der Waals surface area (Å²) < 4.78 is 12.9. The van der Waals surface area contributed by atoms with E-state index in [1.807, 2.05) is 72.8 Å². The van der Waals surface area contributed by atoms with Crippen molar-refractivity contribution in [3.8, 4) is 56.4 Å². The quantitative estimate of drug-likeness (QED) is 0.187. The first kappa shape index (κ1) is 28.2. The maximum atomic E-state index is 6.63. The average Bonchev–Trinajstić information content (AvgIpc) is 3.77. The van der Waals surface area contributed by atoms with Gasteiger partial charge in [-0.05, 0) is 52.6 Å². The van der Waals surface area contributed by atoms with E-state index in [9.17, 15) is 0 Å². The van der Waals surface area contributed by atoms with Gasteiger partial charge in [0.05, 0.1) is 5.56 Å². The average molecular weight is 642 g/mol. The van der Waals surface area contributed by atoms with E-state index in [4.69, 9.17) is 23.8 Å². The Balaban J connectivity index is 1.17. The summed E-state index contributed by atoms with van der Waals surface area (Å²) in [6.07, 6.45) is 0. The Bertz CT molecular complexity index is 2850. The molecule has 0 fully saturated rings. The van der Waals surface area contributed by atoms with Crippen molar-refractivity contribution in [3.63, 3.8) is 0 Å². The van der Waals surface area contributed by atoms with E-state index in [1.54, 1.807) is 0 Å². The molecule has 0 saturated heterocycles. The first-order valence-electron chi connectivity index (χ1n) is 16.6. The van der Waals surface area contributed by atoms with Crippen LogP contribution in [-0.4, -0.2) is 15.0 Å². The van der Waals surface area contributed by atoms with Gasteiger partial charge in [0.2, 0.25) is 0 Å². The van der Waals surface area contributed by atoms with Crippen LogP contribution in [0.15, 0.2) is 173 Å². The molecule has 50 heavy (non-hydrogen) atoms. The summed E-state index contributed by atoms with van der Waals surface area (Å²) in [4.78, 5) is 15.2. The van der Waals surface area contributed by atoms with Gasteiger partial charge >= 0.3 is 0 Å². The van der Waals surface area contributed by atoms with Crippen LogP contribution in [0.3, 0.4) is 0 Å². The molecule has 0 atom stereocenters. The molecule has 0 unspecified atom stereocenters. The summed E-state index contributed by atoms with van der Waals surface area (Å²) in [5, 5.41) is 4.21. The lowest BCUT2D eigenvalue weighted by Gasteiger charge is -2.09. The van der Waals surface area contributed by atoms with Crippen LogP contribution >= 0.6 is 0 Å². The number of furan rings is 2. The number of nitrogens with zero attached hydrogens (tertiary/aromatic N) is 3. The van der Waals surface area contributed by atoms with Gasteiger partial charge in [0.25, 0.3) is 0 Å². The Morgan fingerprint density at radius 3 is 1.70 bits per heavy atom.